The van der Waals surface area contributed by atoms with Gasteiger partial charge in [0.2, 0.25) is 0 Å². The fourth-order valence-electron chi connectivity index (χ4n) is 1.97. The second-order valence-corrected chi connectivity index (χ2v) is 6.68. The summed E-state index contributed by atoms with van der Waals surface area (Å²) in [7, 11) is 0. The molecule has 3 heteroatoms. The predicted octanol–water partition coefficient (Wildman–Crippen LogP) is 4.15. The fraction of sp³-hybridized carbons (Fsp3) is 0.462. The first-order valence-corrected chi connectivity index (χ1v) is 7.79. The lowest BCUT2D eigenvalue weighted by atomic mass is 10.2. The molecule has 1 aromatic rings. The van der Waals surface area contributed by atoms with Crippen LogP contribution in [0.2, 0.25) is 0 Å². The van der Waals surface area contributed by atoms with E-state index >= 15 is 0 Å². The van der Waals surface area contributed by atoms with Crippen LogP contribution in [-0.4, -0.2) is 16.8 Å². The van der Waals surface area contributed by atoms with E-state index in [9.17, 15) is 4.79 Å². The Hall–Kier alpha value is -0.0300. The first kappa shape index (κ1) is 12.4. The van der Waals surface area contributed by atoms with E-state index in [1.54, 1.807) is 0 Å². The number of halogens is 1. The Balaban J connectivity index is 1.85. The van der Waals surface area contributed by atoms with E-state index in [2.05, 4.69) is 22.6 Å². The minimum absolute atomic E-state index is 0.272. The highest BCUT2D eigenvalue weighted by Gasteiger charge is 2.17. The number of Topliss-reactive ketones (excluding diaryl/α,β-unsaturated/α-hetero) is 1. The lowest BCUT2D eigenvalue weighted by Gasteiger charge is -2.07. The number of hydrogen-bond acceptors (Lipinski definition) is 2. The van der Waals surface area contributed by atoms with Crippen LogP contribution in [0, 0.1) is 3.57 Å². The number of carbonyl (C=O) groups is 1. The van der Waals surface area contributed by atoms with Crippen molar-refractivity contribution in [3.8, 4) is 0 Å². The number of ketones is 1. The molecule has 0 amide bonds. The standard InChI is InChI=1S/C13H15IOS/c14-11-7-5-10(6-8-11)13(15)9-16-12-3-1-2-4-12/h5-8,12H,1-4,9H2. The molecule has 0 unspecified atom stereocenters. The van der Waals surface area contributed by atoms with Crippen LogP contribution in [-0.2, 0) is 0 Å². The van der Waals surface area contributed by atoms with Gasteiger partial charge in [0.15, 0.2) is 5.78 Å². The van der Waals surface area contributed by atoms with Crippen LogP contribution in [0.5, 0.6) is 0 Å². The maximum absolute atomic E-state index is 11.9. The average Bonchev–Trinajstić information content (AvgIpc) is 2.80. The number of thioether (sulfide) groups is 1. The lowest BCUT2D eigenvalue weighted by Crippen LogP contribution is -2.06. The highest BCUT2D eigenvalue weighted by molar-refractivity contribution is 14.1. The number of benzene rings is 1. The molecule has 2 rings (SSSR count). The van der Waals surface area contributed by atoms with Gasteiger partial charge < -0.3 is 0 Å². The van der Waals surface area contributed by atoms with Crippen molar-refractivity contribution in [3.63, 3.8) is 0 Å². The molecule has 1 fully saturated rings. The summed E-state index contributed by atoms with van der Waals surface area (Å²) < 4.78 is 1.18. The summed E-state index contributed by atoms with van der Waals surface area (Å²) in [6, 6.07) is 7.85. The van der Waals surface area contributed by atoms with Gasteiger partial charge in [0, 0.05) is 14.4 Å². The minimum atomic E-state index is 0.272. The first-order valence-electron chi connectivity index (χ1n) is 5.66. The number of rotatable bonds is 4. The molecule has 0 aliphatic heterocycles. The summed E-state index contributed by atoms with van der Waals surface area (Å²) in [4.78, 5) is 11.9. The molecule has 0 bridgehead atoms. The largest absolute Gasteiger partial charge is 0.293 e. The Morgan fingerprint density at radius 2 is 1.88 bits per heavy atom. The van der Waals surface area contributed by atoms with E-state index in [4.69, 9.17) is 0 Å². The van der Waals surface area contributed by atoms with Crippen LogP contribution in [0.4, 0.5) is 0 Å². The third kappa shape index (κ3) is 3.48. The quantitative estimate of drug-likeness (QED) is 0.602. The van der Waals surface area contributed by atoms with Gasteiger partial charge >= 0.3 is 0 Å². The molecule has 86 valence electrons. The van der Waals surface area contributed by atoms with Crippen LogP contribution in [0.1, 0.15) is 36.0 Å². The van der Waals surface area contributed by atoms with Gasteiger partial charge in [-0.2, -0.15) is 11.8 Å². The number of carbonyl (C=O) groups excluding carboxylic acids is 1. The normalized spacial score (nSPS) is 16.6. The highest BCUT2D eigenvalue weighted by Crippen LogP contribution is 2.29. The summed E-state index contributed by atoms with van der Waals surface area (Å²) >= 11 is 4.10. The summed E-state index contributed by atoms with van der Waals surface area (Å²) in [5.41, 5.74) is 0.853. The molecule has 0 saturated heterocycles. The predicted molar refractivity (Wildman–Crippen MR) is 78.2 cm³/mol. The smallest absolute Gasteiger partial charge is 0.172 e. The molecule has 0 radical (unpaired) electrons. The van der Waals surface area contributed by atoms with Gasteiger partial charge in [-0.3, -0.25) is 4.79 Å². The van der Waals surface area contributed by atoms with Gasteiger partial charge in [0.1, 0.15) is 0 Å². The average molecular weight is 346 g/mol. The van der Waals surface area contributed by atoms with Crippen LogP contribution < -0.4 is 0 Å². The summed E-state index contributed by atoms with van der Waals surface area (Å²) in [6.07, 6.45) is 5.28. The molecule has 0 aromatic heterocycles. The Kier molecular flexibility index (Phi) is 4.70. The van der Waals surface area contributed by atoms with Crippen LogP contribution in [0.15, 0.2) is 24.3 Å². The molecule has 0 N–H and O–H groups in total. The van der Waals surface area contributed by atoms with Crippen molar-refractivity contribution in [1.29, 1.82) is 0 Å². The SMILES string of the molecule is O=C(CSC1CCCC1)c1ccc(I)cc1. The Bertz CT molecular complexity index is 355. The van der Waals surface area contributed by atoms with Crippen molar-refractivity contribution in [2.45, 2.75) is 30.9 Å². The molecular weight excluding hydrogens is 331 g/mol. The van der Waals surface area contributed by atoms with E-state index in [-0.39, 0.29) is 5.78 Å². The molecule has 0 atom stereocenters. The second kappa shape index (κ2) is 6.05. The maximum Gasteiger partial charge on any atom is 0.172 e. The molecule has 16 heavy (non-hydrogen) atoms. The van der Waals surface area contributed by atoms with E-state index in [1.807, 2.05) is 36.0 Å². The first-order chi connectivity index (χ1) is 7.75. The zero-order valence-electron chi connectivity index (χ0n) is 9.12. The molecule has 0 spiro atoms. The topological polar surface area (TPSA) is 17.1 Å². The Morgan fingerprint density at radius 3 is 2.50 bits per heavy atom. The van der Waals surface area contributed by atoms with Crippen LogP contribution in [0.3, 0.4) is 0 Å². The minimum Gasteiger partial charge on any atom is -0.293 e. The van der Waals surface area contributed by atoms with E-state index < -0.39 is 0 Å². The van der Waals surface area contributed by atoms with Crippen molar-refractivity contribution >= 4 is 40.1 Å². The van der Waals surface area contributed by atoms with E-state index in [1.165, 1.54) is 29.3 Å². The Morgan fingerprint density at radius 1 is 1.25 bits per heavy atom. The zero-order valence-corrected chi connectivity index (χ0v) is 12.1. The molecule has 1 aromatic carbocycles. The van der Waals surface area contributed by atoms with Crippen molar-refractivity contribution in [1.82, 2.24) is 0 Å². The molecular formula is C13H15IOS. The summed E-state index contributed by atoms with van der Waals surface area (Å²) in [6.45, 7) is 0. The fourth-order valence-corrected chi connectivity index (χ4v) is 3.55. The third-order valence-corrected chi connectivity index (χ3v) is 5.01. The van der Waals surface area contributed by atoms with Crippen molar-refractivity contribution in [2.75, 3.05) is 5.75 Å². The zero-order chi connectivity index (χ0) is 11.4. The third-order valence-electron chi connectivity index (χ3n) is 2.92. The van der Waals surface area contributed by atoms with Gasteiger partial charge in [-0.15, -0.1) is 0 Å². The number of hydrogen-bond donors (Lipinski definition) is 0. The van der Waals surface area contributed by atoms with Gasteiger partial charge in [-0.05, 0) is 47.6 Å². The van der Waals surface area contributed by atoms with Gasteiger partial charge in [-0.25, -0.2) is 0 Å². The molecule has 1 aliphatic rings. The van der Waals surface area contributed by atoms with Crippen LogP contribution in [0.25, 0.3) is 0 Å². The lowest BCUT2D eigenvalue weighted by molar-refractivity contribution is 0.102. The van der Waals surface area contributed by atoms with Crippen molar-refractivity contribution < 1.29 is 4.79 Å². The summed E-state index contributed by atoms with van der Waals surface area (Å²) in [5, 5.41) is 0.729. The van der Waals surface area contributed by atoms with Gasteiger partial charge in [-0.1, -0.05) is 25.0 Å². The van der Waals surface area contributed by atoms with E-state index in [0.29, 0.717) is 5.75 Å². The van der Waals surface area contributed by atoms with Crippen LogP contribution >= 0.6 is 34.4 Å². The molecule has 0 heterocycles. The summed E-state index contributed by atoms with van der Waals surface area (Å²) in [5.74, 6) is 0.916. The van der Waals surface area contributed by atoms with Gasteiger partial charge in [0.05, 0.1) is 5.75 Å². The van der Waals surface area contributed by atoms with E-state index in [0.717, 1.165) is 10.8 Å². The molecule has 1 aliphatic carbocycles. The van der Waals surface area contributed by atoms with Gasteiger partial charge in [0.25, 0.3) is 0 Å². The van der Waals surface area contributed by atoms with Crippen molar-refractivity contribution in [3.05, 3.63) is 33.4 Å². The second-order valence-electron chi connectivity index (χ2n) is 4.15. The highest BCUT2D eigenvalue weighted by atomic mass is 127. The molecule has 1 saturated carbocycles. The Labute approximate surface area is 115 Å². The van der Waals surface area contributed by atoms with Crippen molar-refractivity contribution in [2.24, 2.45) is 0 Å². The maximum atomic E-state index is 11.9. The molecule has 1 nitrogen and oxygen atoms in total. The monoisotopic (exact) mass is 346 g/mol.